The van der Waals surface area contributed by atoms with Crippen LogP contribution in [-0.2, 0) is 6.42 Å². The van der Waals surface area contributed by atoms with E-state index in [0.29, 0.717) is 17.7 Å². The summed E-state index contributed by atoms with van der Waals surface area (Å²) in [6.45, 7) is 1.83. The van der Waals surface area contributed by atoms with E-state index in [1.807, 2.05) is 13.0 Å². The molecule has 1 aromatic carbocycles. The minimum Gasteiger partial charge on any atom is -0.475 e. The molecule has 0 spiro atoms. The number of nitrogens with two attached hydrogens (primary N) is 1. The Morgan fingerprint density at radius 2 is 1.85 bits per heavy atom. The van der Waals surface area contributed by atoms with Crippen molar-refractivity contribution in [2.75, 3.05) is 0 Å². The molecule has 1 heterocycles. The van der Waals surface area contributed by atoms with E-state index in [1.165, 1.54) is 0 Å². The average Bonchev–Trinajstić information content (AvgIpc) is 2.46. The van der Waals surface area contributed by atoms with Gasteiger partial charge in [0.1, 0.15) is 5.69 Å². The molecule has 1 amide bonds. The lowest BCUT2D eigenvalue weighted by atomic mass is 10.0. The van der Waals surface area contributed by atoms with E-state index in [-0.39, 0.29) is 5.69 Å². The Morgan fingerprint density at radius 1 is 1.20 bits per heavy atom. The zero-order valence-corrected chi connectivity index (χ0v) is 10.8. The highest BCUT2D eigenvalue weighted by Gasteiger charge is 2.20. The van der Waals surface area contributed by atoms with Crippen LogP contribution in [0.4, 0.5) is 0 Å². The molecule has 20 heavy (non-hydrogen) atoms. The van der Waals surface area contributed by atoms with Gasteiger partial charge in [0.05, 0.1) is 5.69 Å². The molecule has 0 saturated heterocycles. The predicted molar refractivity (Wildman–Crippen MR) is 72.3 cm³/mol. The van der Waals surface area contributed by atoms with Crippen molar-refractivity contribution in [3.63, 3.8) is 0 Å². The fraction of sp³-hybridized carbons (Fsp3) is 0.143. The first-order valence-electron chi connectivity index (χ1n) is 6.04. The molecule has 1 aromatic heterocycles. The van der Waals surface area contributed by atoms with Crippen molar-refractivity contribution in [3.05, 3.63) is 47.4 Å². The van der Waals surface area contributed by atoms with Crippen molar-refractivity contribution >= 4 is 11.9 Å². The molecule has 0 unspecified atom stereocenters. The summed E-state index contributed by atoms with van der Waals surface area (Å²) in [6, 6.07) is 9.03. The monoisotopic (exact) mass is 271 g/mol. The lowest BCUT2D eigenvalue weighted by Gasteiger charge is -2.11. The molecule has 6 heteroatoms. The summed E-state index contributed by atoms with van der Waals surface area (Å²) in [4.78, 5) is 30.3. The van der Waals surface area contributed by atoms with Gasteiger partial charge in [-0.1, -0.05) is 37.3 Å². The number of aromatic carboxylic acids is 1. The largest absolute Gasteiger partial charge is 0.475 e. The van der Waals surface area contributed by atoms with Crippen molar-refractivity contribution in [3.8, 4) is 11.3 Å². The van der Waals surface area contributed by atoms with Gasteiger partial charge in [-0.05, 0) is 6.42 Å². The summed E-state index contributed by atoms with van der Waals surface area (Å²) in [5.41, 5.74) is 6.94. The quantitative estimate of drug-likeness (QED) is 0.876. The van der Waals surface area contributed by atoms with E-state index in [9.17, 15) is 9.59 Å². The van der Waals surface area contributed by atoms with Crippen LogP contribution in [0.3, 0.4) is 0 Å². The van der Waals surface area contributed by atoms with Crippen LogP contribution in [0.25, 0.3) is 11.3 Å². The maximum absolute atomic E-state index is 11.5. The van der Waals surface area contributed by atoms with Gasteiger partial charge in [0.2, 0.25) is 5.82 Å². The molecule has 0 aliphatic carbocycles. The highest BCUT2D eigenvalue weighted by molar-refractivity contribution is 5.95. The molecule has 0 aliphatic heterocycles. The molecular weight excluding hydrogens is 258 g/mol. The van der Waals surface area contributed by atoms with Crippen LogP contribution in [-0.4, -0.2) is 27.0 Å². The van der Waals surface area contributed by atoms with Crippen LogP contribution in [0.15, 0.2) is 30.3 Å². The average molecular weight is 271 g/mol. The second-order valence-electron chi connectivity index (χ2n) is 4.11. The van der Waals surface area contributed by atoms with Gasteiger partial charge in [0.25, 0.3) is 5.91 Å². The Kier molecular flexibility index (Phi) is 3.74. The lowest BCUT2D eigenvalue weighted by molar-refractivity contribution is 0.0683. The number of carboxylic acids is 1. The number of carbonyl (C=O) groups is 2. The molecule has 0 bridgehead atoms. The third kappa shape index (κ3) is 2.49. The normalized spacial score (nSPS) is 10.2. The number of amides is 1. The summed E-state index contributed by atoms with van der Waals surface area (Å²) in [5.74, 6) is -2.49. The molecule has 0 atom stereocenters. The van der Waals surface area contributed by atoms with E-state index in [0.717, 1.165) is 5.56 Å². The van der Waals surface area contributed by atoms with Crippen LogP contribution in [0, 0.1) is 0 Å². The summed E-state index contributed by atoms with van der Waals surface area (Å²) in [5, 5.41) is 9.05. The molecule has 102 valence electrons. The minimum atomic E-state index is -1.30. The minimum absolute atomic E-state index is 0.0428. The molecule has 2 rings (SSSR count). The van der Waals surface area contributed by atoms with Crippen molar-refractivity contribution in [1.82, 2.24) is 9.97 Å². The summed E-state index contributed by atoms with van der Waals surface area (Å²) in [7, 11) is 0. The standard InChI is InChI=1S/C14H13N3O3/c1-2-9-10(8-6-4-3-5-7-8)16-13(14(19)20)17-11(9)12(15)18/h3-7H,2H2,1H3,(H2,15,18)(H,19,20). The van der Waals surface area contributed by atoms with Crippen molar-refractivity contribution in [2.45, 2.75) is 13.3 Å². The maximum Gasteiger partial charge on any atom is 0.373 e. The van der Waals surface area contributed by atoms with Gasteiger partial charge in [-0.15, -0.1) is 0 Å². The first-order chi connectivity index (χ1) is 9.54. The fourth-order valence-corrected chi connectivity index (χ4v) is 1.95. The number of carbonyl (C=O) groups excluding carboxylic acids is 1. The van der Waals surface area contributed by atoms with Crippen LogP contribution < -0.4 is 5.73 Å². The maximum atomic E-state index is 11.5. The fourth-order valence-electron chi connectivity index (χ4n) is 1.95. The molecule has 0 radical (unpaired) electrons. The SMILES string of the molecule is CCc1c(C(N)=O)nc(C(=O)O)nc1-c1ccccc1. The third-order valence-electron chi connectivity index (χ3n) is 2.83. The first-order valence-corrected chi connectivity index (χ1v) is 6.04. The Bertz CT molecular complexity index is 669. The van der Waals surface area contributed by atoms with Gasteiger partial charge in [0.15, 0.2) is 0 Å². The number of aromatic nitrogens is 2. The van der Waals surface area contributed by atoms with E-state index in [1.54, 1.807) is 24.3 Å². The number of hydrogen-bond donors (Lipinski definition) is 2. The zero-order chi connectivity index (χ0) is 14.7. The summed E-state index contributed by atoms with van der Waals surface area (Å²) in [6.07, 6.45) is 0.475. The first kappa shape index (κ1) is 13.7. The summed E-state index contributed by atoms with van der Waals surface area (Å²) >= 11 is 0. The number of carboxylic acid groups (broad SMARTS) is 1. The topological polar surface area (TPSA) is 106 Å². The van der Waals surface area contributed by atoms with E-state index < -0.39 is 17.7 Å². The molecular formula is C14H13N3O3. The number of benzene rings is 1. The number of hydrogen-bond acceptors (Lipinski definition) is 4. The van der Waals surface area contributed by atoms with Gasteiger partial charge >= 0.3 is 5.97 Å². The number of rotatable bonds is 4. The van der Waals surface area contributed by atoms with Crippen LogP contribution in [0.5, 0.6) is 0 Å². The molecule has 3 N–H and O–H groups in total. The Balaban J connectivity index is 2.77. The highest BCUT2D eigenvalue weighted by atomic mass is 16.4. The van der Waals surface area contributed by atoms with Crippen LogP contribution in [0.2, 0.25) is 0 Å². The van der Waals surface area contributed by atoms with E-state index in [2.05, 4.69) is 9.97 Å². The Labute approximate surface area is 115 Å². The summed E-state index contributed by atoms with van der Waals surface area (Å²) < 4.78 is 0. The predicted octanol–water partition coefficient (Wildman–Crippen LogP) is 1.50. The molecule has 2 aromatic rings. The molecule has 6 nitrogen and oxygen atoms in total. The van der Waals surface area contributed by atoms with Crippen LogP contribution in [0.1, 0.15) is 33.6 Å². The third-order valence-corrected chi connectivity index (χ3v) is 2.83. The van der Waals surface area contributed by atoms with Gasteiger partial charge in [0, 0.05) is 11.1 Å². The number of nitrogens with zero attached hydrogens (tertiary/aromatic N) is 2. The zero-order valence-electron chi connectivity index (χ0n) is 10.8. The number of primary amides is 1. The second-order valence-corrected chi connectivity index (χ2v) is 4.11. The van der Waals surface area contributed by atoms with Crippen molar-refractivity contribution < 1.29 is 14.7 Å². The van der Waals surface area contributed by atoms with Crippen molar-refractivity contribution in [2.24, 2.45) is 5.73 Å². The molecule has 0 aliphatic rings. The van der Waals surface area contributed by atoms with E-state index in [4.69, 9.17) is 10.8 Å². The second kappa shape index (κ2) is 5.48. The van der Waals surface area contributed by atoms with Gasteiger partial charge in [-0.2, -0.15) is 0 Å². The Hall–Kier alpha value is -2.76. The lowest BCUT2D eigenvalue weighted by Crippen LogP contribution is -2.20. The van der Waals surface area contributed by atoms with Crippen molar-refractivity contribution in [1.29, 1.82) is 0 Å². The van der Waals surface area contributed by atoms with Gasteiger partial charge in [-0.3, -0.25) is 4.79 Å². The smallest absolute Gasteiger partial charge is 0.373 e. The molecule has 0 saturated carbocycles. The van der Waals surface area contributed by atoms with E-state index >= 15 is 0 Å². The highest BCUT2D eigenvalue weighted by Crippen LogP contribution is 2.24. The Morgan fingerprint density at radius 3 is 2.35 bits per heavy atom. The molecule has 0 fully saturated rings. The van der Waals surface area contributed by atoms with Gasteiger partial charge in [-0.25, -0.2) is 14.8 Å². The van der Waals surface area contributed by atoms with Gasteiger partial charge < -0.3 is 10.8 Å². The van der Waals surface area contributed by atoms with Crippen LogP contribution >= 0.6 is 0 Å².